The van der Waals surface area contributed by atoms with E-state index in [1.165, 1.54) is 0 Å². The minimum atomic E-state index is 0.240. The number of aromatic nitrogens is 1. The lowest BCUT2D eigenvalue weighted by molar-refractivity contribution is 0.190. The molecule has 2 rings (SSSR count). The van der Waals surface area contributed by atoms with Crippen molar-refractivity contribution >= 4 is 28.2 Å². The third kappa shape index (κ3) is 2.68. The first-order valence-corrected chi connectivity index (χ1v) is 5.89. The molecular weight excluding hydrogens is 236 g/mol. The van der Waals surface area contributed by atoms with Crippen LogP contribution in [0, 0.1) is 0 Å². The molecular formula is C13H15ClN2O. The predicted octanol–water partition coefficient (Wildman–Crippen LogP) is 3.34. The number of anilines is 1. The third-order valence-electron chi connectivity index (χ3n) is 2.54. The standard InChI is InChI=1S/C13H15ClN2O/c1-9(8-17-2)16-12-6-5-11(14)13-10(12)4-3-7-15-13/h3-7,9,16H,8H2,1-2H3. The second-order valence-corrected chi connectivity index (χ2v) is 4.40. The van der Waals surface area contributed by atoms with E-state index in [-0.39, 0.29) is 6.04 Å². The van der Waals surface area contributed by atoms with Gasteiger partial charge in [0, 0.05) is 30.4 Å². The van der Waals surface area contributed by atoms with Crippen molar-refractivity contribution in [3.05, 3.63) is 35.5 Å². The smallest absolute Gasteiger partial charge is 0.0908 e. The number of ether oxygens (including phenoxy) is 1. The van der Waals surface area contributed by atoms with E-state index in [2.05, 4.69) is 17.2 Å². The van der Waals surface area contributed by atoms with E-state index in [1.807, 2.05) is 24.3 Å². The number of methoxy groups -OCH3 is 1. The van der Waals surface area contributed by atoms with Crippen LogP contribution in [-0.2, 0) is 4.74 Å². The average Bonchev–Trinajstić information content (AvgIpc) is 2.34. The van der Waals surface area contributed by atoms with Gasteiger partial charge in [0.25, 0.3) is 0 Å². The fraction of sp³-hybridized carbons (Fsp3) is 0.308. The Bertz CT molecular complexity index is 516. The summed E-state index contributed by atoms with van der Waals surface area (Å²) < 4.78 is 5.11. The topological polar surface area (TPSA) is 34.1 Å². The van der Waals surface area contributed by atoms with Gasteiger partial charge in [-0.25, -0.2) is 0 Å². The van der Waals surface area contributed by atoms with Gasteiger partial charge in [0.2, 0.25) is 0 Å². The number of halogens is 1. The van der Waals surface area contributed by atoms with Gasteiger partial charge in [-0.05, 0) is 31.2 Å². The van der Waals surface area contributed by atoms with Gasteiger partial charge >= 0.3 is 0 Å². The zero-order chi connectivity index (χ0) is 12.3. The molecule has 1 heterocycles. The Kier molecular flexibility index (Phi) is 3.82. The van der Waals surface area contributed by atoms with Gasteiger partial charge in [-0.1, -0.05) is 11.6 Å². The highest BCUT2D eigenvalue weighted by molar-refractivity contribution is 6.35. The van der Waals surface area contributed by atoms with E-state index < -0.39 is 0 Å². The number of rotatable bonds is 4. The summed E-state index contributed by atoms with van der Waals surface area (Å²) in [6.45, 7) is 2.73. The maximum Gasteiger partial charge on any atom is 0.0908 e. The zero-order valence-corrected chi connectivity index (χ0v) is 10.7. The fourth-order valence-electron chi connectivity index (χ4n) is 1.82. The van der Waals surface area contributed by atoms with Crippen LogP contribution in [0.3, 0.4) is 0 Å². The van der Waals surface area contributed by atoms with E-state index in [0.29, 0.717) is 11.6 Å². The summed E-state index contributed by atoms with van der Waals surface area (Å²) in [5, 5.41) is 5.09. The Morgan fingerprint density at radius 3 is 3.00 bits per heavy atom. The second-order valence-electron chi connectivity index (χ2n) is 4.00. The summed E-state index contributed by atoms with van der Waals surface area (Å²) in [6, 6.07) is 7.99. The van der Waals surface area contributed by atoms with Gasteiger partial charge in [-0.15, -0.1) is 0 Å². The summed E-state index contributed by atoms with van der Waals surface area (Å²) in [4.78, 5) is 4.29. The maximum absolute atomic E-state index is 6.11. The molecule has 0 saturated heterocycles. The van der Waals surface area contributed by atoms with Crippen LogP contribution in [0.5, 0.6) is 0 Å². The van der Waals surface area contributed by atoms with Crippen molar-refractivity contribution in [2.45, 2.75) is 13.0 Å². The Hall–Kier alpha value is -1.32. The second kappa shape index (κ2) is 5.34. The highest BCUT2D eigenvalue weighted by Gasteiger charge is 2.07. The van der Waals surface area contributed by atoms with E-state index in [9.17, 15) is 0 Å². The van der Waals surface area contributed by atoms with Crippen molar-refractivity contribution in [2.75, 3.05) is 19.0 Å². The molecule has 3 nitrogen and oxygen atoms in total. The number of hydrogen-bond acceptors (Lipinski definition) is 3. The van der Waals surface area contributed by atoms with Crippen molar-refractivity contribution in [1.82, 2.24) is 4.98 Å². The highest BCUT2D eigenvalue weighted by Crippen LogP contribution is 2.28. The molecule has 0 saturated carbocycles. The Morgan fingerprint density at radius 1 is 1.41 bits per heavy atom. The summed E-state index contributed by atoms with van der Waals surface area (Å²) in [7, 11) is 1.69. The molecule has 1 atom stereocenters. The third-order valence-corrected chi connectivity index (χ3v) is 2.84. The summed E-state index contributed by atoms with van der Waals surface area (Å²) in [5.74, 6) is 0. The van der Waals surface area contributed by atoms with Crippen LogP contribution in [0.4, 0.5) is 5.69 Å². The Balaban J connectivity index is 2.38. The molecule has 1 unspecified atom stereocenters. The molecule has 17 heavy (non-hydrogen) atoms. The largest absolute Gasteiger partial charge is 0.383 e. The lowest BCUT2D eigenvalue weighted by Crippen LogP contribution is -2.20. The minimum absolute atomic E-state index is 0.240. The van der Waals surface area contributed by atoms with Crippen LogP contribution in [0.15, 0.2) is 30.5 Å². The quantitative estimate of drug-likeness (QED) is 0.904. The van der Waals surface area contributed by atoms with Crippen molar-refractivity contribution in [3.63, 3.8) is 0 Å². The number of hydrogen-bond donors (Lipinski definition) is 1. The van der Waals surface area contributed by atoms with Gasteiger partial charge in [0.1, 0.15) is 0 Å². The van der Waals surface area contributed by atoms with Crippen molar-refractivity contribution in [2.24, 2.45) is 0 Å². The molecule has 1 aromatic heterocycles. The first-order chi connectivity index (χ1) is 8.22. The highest BCUT2D eigenvalue weighted by atomic mass is 35.5. The molecule has 0 amide bonds. The monoisotopic (exact) mass is 250 g/mol. The lowest BCUT2D eigenvalue weighted by atomic mass is 10.1. The fourth-order valence-corrected chi connectivity index (χ4v) is 2.03. The minimum Gasteiger partial charge on any atom is -0.383 e. The van der Waals surface area contributed by atoms with Gasteiger partial charge in [-0.3, -0.25) is 4.98 Å². The summed E-state index contributed by atoms with van der Waals surface area (Å²) in [5.41, 5.74) is 1.85. The van der Waals surface area contributed by atoms with E-state index in [1.54, 1.807) is 13.3 Å². The van der Waals surface area contributed by atoms with Crippen molar-refractivity contribution in [3.8, 4) is 0 Å². The van der Waals surface area contributed by atoms with Crippen molar-refractivity contribution < 1.29 is 4.74 Å². The molecule has 0 bridgehead atoms. The number of benzene rings is 1. The van der Waals surface area contributed by atoms with Crippen LogP contribution >= 0.6 is 11.6 Å². The SMILES string of the molecule is COCC(C)Nc1ccc(Cl)c2ncccc12. The average molecular weight is 251 g/mol. The molecule has 0 fully saturated rings. The van der Waals surface area contributed by atoms with Crippen molar-refractivity contribution in [1.29, 1.82) is 0 Å². The van der Waals surface area contributed by atoms with Crippen LogP contribution in [0.2, 0.25) is 5.02 Å². The molecule has 2 aromatic rings. The van der Waals surface area contributed by atoms with Gasteiger partial charge < -0.3 is 10.1 Å². The van der Waals surface area contributed by atoms with Crippen LogP contribution in [0.1, 0.15) is 6.92 Å². The molecule has 4 heteroatoms. The Morgan fingerprint density at radius 2 is 2.24 bits per heavy atom. The number of nitrogens with zero attached hydrogens (tertiary/aromatic N) is 1. The lowest BCUT2D eigenvalue weighted by Gasteiger charge is -2.16. The molecule has 0 aliphatic heterocycles. The molecule has 90 valence electrons. The van der Waals surface area contributed by atoms with Gasteiger partial charge in [0.05, 0.1) is 17.1 Å². The summed E-state index contributed by atoms with van der Waals surface area (Å²) >= 11 is 6.11. The molecule has 0 spiro atoms. The van der Waals surface area contributed by atoms with E-state index >= 15 is 0 Å². The normalized spacial score (nSPS) is 12.6. The zero-order valence-electron chi connectivity index (χ0n) is 9.90. The van der Waals surface area contributed by atoms with E-state index in [4.69, 9.17) is 16.3 Å². The Labute approximate surface area is 106 Å². The summed E-state index contributed by atoms with van der Waals surface area (Å²) in [6.07, 6.45) is 1.75. The van der Waals surface area contributed by atoms with Crippen LogP contribution in [0.25, 0.3) is 10.9 Å². The number of nitrogens with one attached hydrogen (secondary N) is 1. The molecule has 1 N–H and O–H groups in total. The molecule has 0 aliphatic rings. The number of pyridine rings is 1. The number of fused-ring (bicyclic) bond motifs is 1. The molecule has 0 aliphatic carbocycles. The predicted molar refractivity (Wildman–Crippen MR) is 71.7 cm³/mol. The maximum atomic E-state index is 6.11. The molecule has 0 radical (unpaired) electrons. The van der Waals surface area contributed by atoms with Crippen LogP contribution < -0.4 is 5.32 Å². The van der Waals surface area contributed by atoms with Crippen LogP contribution in [-0.4, -0.2) is 24.7 Å². The van der Waals surface area contributed by atoms with E-state index in [0.717, 1.165) is 16.6 Å². The van der Waals surface area contributed by atoms with Gasteiger partial charge in [0.15, 0.2) is 0 Å². The molecule has 1 aromatic carbocycles. The first kappa shape index (κ1) is 12.1. The first-order valence-electron chi connectivity index (χ1n) is 5.51. The van der Waals surface area contributed by atoms with Gasteiger partial charge in [-0.2, -0.15) is 0 Å².